The lowest BCUT2D eigenvalue weighted by Gasteiger charge is -2.10. The average Bonchev–Trinajstić information content (AvgIpc) is 2.87. The zero-order valence-corrected chi connectivity index (χ0v) is 20.4. The van der Waals surface area contributed by atoms with Crippen molar-refractivity contribution in [2.45, 2.75) is 26.7 Å². The normalized spacial score (nSPS) is 11.0. The smallest absolute Gasteiger partial charge is 0.336 e. The van der Waals surface area contributed by atoms with Crippen LogP contribution in [0.3, 0.4) is 0 Å². The van der Waals surface area contributed by atoms with Gasteiger partial charge >= 0.3 is 5.97 Å². The minimum Gasteiger partial charge on any atom is -0.493 e. The van der Waals surface area contributed by atoms with Gasteiger partial charge in [-0.15, -0.1) is 0 Å². The van der Waals surface area contributed by atoms with Gasteiger partial charge in [-0.3, -0.25) is 4.79 Å². The van der Waals surface area contributed by atoms with Crippen molar-refractivity contribution >= 4 is 24.0 Å². The minimum atomic E-state index is -0.604. The first-order chi connectivity index (χ1) is 16.9. The molecule has 2 aromatic carbocycles. The molecule has 0 saturated carbocycles. The van der Waals surface area contributed by atoms with Gasteiger partial charge in [0.25, 0.3) is 5.91 Å². The maximum Gasteiger partial charge on any atom is 0.336 e. The summed E-state index contributed by atoms with van der Waals surface area (Å²) in [7, 11) is 2.98. The molecule has 0 radical (unpaired) electrons. The Morgan fingerprint density at radius 1 is 0.971 bits per heavy atom. The van der Waals surface area contributed by atoms with Crippen LogP contribution in [0.15, 0.2) is 48.0 Å². The topological polar surface area (TPSA) is 107 Å². The van der Waals surface area contributed by atoms with E-state index in [2.05, 4.69) is 5.32 Å². The number of hydrogen-bond acceptors (Lipinski definition) is 7. The number of hydrogen-bond donors (Lipinski definition) is 1. The molecule has 0 fully saturated rings. The fraction of sp³-hybridized carbons (Fsp3) is 0.296. The Kier molecular flexibility index (Phi) is 10.9. The Bertz CT molecular complexity index is 1130. The first-order valence-corrected chi connectivity index (χ1v) is 11.2. The summed E-state index contributed by atoms with van der Waals surface area (Å²) >= 11 is 0. The molecule has 0 aliphatic heterocycles. The third-order valence-corrected chi connectivity index (χ3v) is 4.79. The van der Waals surface area contributed by atoms with Crippen molar-refractivity contribution < 1.29 is 28.5 Å². The van der Waals surface area contributed by atoms with Crippen LogP contribution in [-0.2, 0) is 9.59 Å². The lowest BCUT2D eigenvalue weighted by atomic mass is 10.1. The Balaban J connectivity index is 2.13. The number of rotatable bonds is 12. The highest BCUT2D eigenvalue weighted by molar-refractivity contribution is 6.01. The molecule has 0 saturated heterocycles. The Morgan fingerprint density at radius 3 is 2.29 bits per heavy atom. The average molecular weight is 479 g/mol. The van der Waals surface area contributed by atoms with E-state index in [1.54, 1.807) is 49.6 Å². The van der Waals surface area contributed by atoms with Crippen LogP contribution in [0.5, 0.6) is 23.0 Å². The fourth-order valence-corrected chi connectivity index (χ4v) is 3.02. The van der Waals surface area contributed by atoms with Gasteiger partial charge in [0.1, 0.15) is 11.6 Å². The lowest BCUT2D eigenvalue weighted by Crippen LogP contribution is -2.25. The quantitative estimate of drug-likeness (QED) is 0.157. The highest BCUT2D eigenvalue weighted by atomic mass is 16.6. The largest absolute Gasteiger partial charge is 0.493 e. The molecule has 1 amide bonds. The third-order valence-electron chi connectivity index (χ3n) is 4.79. The lowest BCUT2D eigenvalue weighted by molar-refractivity contribution is -0.129. The molecular formula is C27H30N2O6. The monoisotopic (exact) mass is 478 g/mol. The van der Waals surface area contributed by atoms with Crippen LogP contribution in [-0.4, -0.2) is 39.2 Å². The third kappa shape index (κ3) is 8.23. The number of nitriles is 1. The molecule has 0 aliphatic rings. The van der Waals surface area contributed by atoms with E-state index in [1.807, 2.05) is 19.9 Å². The van der Waals surface area contributed by atoms with Crippen molar-refractivity contribution in [1.29, 1.82) is 5.26 Å². The highest BCUT2D eigenvalue weighted by Gasteiger charge is 2.12. The summed E-state index contributed by atoms with van der Waals surface area (Å²) in [5.41, 5.74) is 1.26. The van der Waals surface area contributed by atoms with Gasteiger partial charge in [0.2, 0.25) is 0 Å². The molecule has 0 spiro atoms. The van der Waals surface area contributed by atoms with Crippen molar-refractivity contribution in [1.82, 2.24) is 5.32 Å². The first kappa shape index (κ1) is 27.0. The summed E-state index contributed by atoms with van der Waals surface area (Å²) in [6, 6.07) is 12.0. The molecule has 0 aliphatic carbocycles. The van der Waals surface area contributed by atoms with Gasteiger partial charge in [-0.2, -0.15) is 5.26 Å². The second kappa shape index (κ2) is 14.1. The molecule has 0 unspecified atom stereocenters. The van der Waals surface area contributed by atoms with Crippen molar-refractivity contribution in [2.24, 2.45) is 0 Å². The summed E-state index contributed by atoms with van der Waals surface area (Å²) in [6.07, 6.45) is 6.11. The summed E-state index contributed by atoms with van der Waals surface area (Å²) in [4.78, 5) is 24.5. The Labute approximate surface area is 205 Å². The number of ether oxygens (including phenoxy) is 4. The van der Waals surface area contributed by atoms with E-state index in [0.717, 1.165) is 18.4 Å². The van der Waals surface area contributed by atoms with Crippen LogP contribution >= 0.6 is 0 Å². The number of benzene rings is 2. The molecule has 0 heterocycles. The van der Waals surface area contributed by atoms with Crippen LogP contribution in [0.1, 0.15) is 37.8 Å². The van der Waals surface area contributed by atoms with Gasteiger partial charge in [-0.05, 0) is 60.9 Å². The molecule has 8 heteroatoms. The van der Waals surface area contributed by atoms with Crippen LogP contribution in [0.2, 0.25) is 0 Å². The zero-order chi connectivity index (χ0) is 25.6. The molecule has 2 aromatic rings. The number of carbonyl (C=O) groups excluding carboxylic acids is 2. The molecular weight excluding hydrogens is 448 g/mol. The maximum absolute atomic E-state index is 12.4. The molecule has 2 rings (SSSR count). The van der Waals surface area contributed by atoms with Gasteiger partial charge in [-0.1, -0.05) is 25.5 Å². The SMILES string of the molecule is CCCCNC(=O)/C(C#N)=C/c1ccc(OC(=O)/C=C/c2ccc(OCC)c(OC)c2)c(OC)c1. The number of unbranched alkanes of at least 4 members (excludes halogenated alkanes) is 1. The van der Waals surface area contributed by atoms with Gasteiger partial charge in [0.05, 0.1) is 20.8 Å². The Morgan fingerprint density at radius 2 is 1.63 bits per heavy atom. The minimum absolute atomic E-state index is 0.0263. The standard InChI is InChI=1S/C27H30N2O6/c1-5-7-14-29-27(31)21(18-28)15-20-9-12-23(25(17-20)33-4)35-26(30)13-10-19-8-11-22(34-6-2)24(16-19)32-3/h8-13,15-17H,5-7,14H2,1-4H3,(H,29,31)/b13-10+,21-15+. The van der Waals surface area contributed by atoms with E-state index in [1.165, 1.54) is 19.3 Å². The molecule has 0 aromatic heterocycles. The van der Waals surface area contributed by atoms with E-state index in [-0.39, 0.29) is 17.1 Å². The predicted octanol–water partition coefficient (Wildman–Crippen LogP) is 4.54. The number of nitrogens with zero attached hydrogens (tertiary/aromatic N) is 1. The number of nitrogens with one attached hydrogen (secondary N) is 1. The zero-order valence-electron chi connectivity index (χ0n) is 20.4. The van der Waals surface area contributed by atoms with E-state index >= 15 is 0 Å². The second-order valence-corrected chi connectivity index (χ2v) is 7.29. The van der Waals surface area contributed by atoms with E-state index in [9.17, 15) is 14.9 Å². The molecule has 0 atom stereocenters. The summed E-state index contributed by atoms with van der Waals surface area (Å²) < 4.78 is 21.5. The molecule has 8 nitrogen and oxygen atoms in total. The second-order valence-electron chi connectivity index (χ2n) is 7.29. The molecule has 184 valence electrons. The van der Waals surface area contributed by atoms with Crippen molar-refractivity contribution in [3.05, 3.63) is 59.2 Å². The molecule has 1 N–H and O–H groups in total. The van der Waals surface area contributed by atoms with Crippen LogP contribution in [0.4, 0.5) is 0 Å². The van der Waals surface area contributed by atoms with Crippen LogP contribution in [0, 0.1) is 11.3 Å². The predicted molar refractivity (Wildman–Crippen MR) is 133 cm³/mol. The van der Waals surface area contributed by atoms with Crippen LogP contribution in [0.25, 0.3) is 12.2 Å². The van der Waals surface area contributed by atoms with Crippen molar-refractivity contribution in [3.8, 4) is 29.1 Å². The number of esters is 1. The van der Waals surface area contributed by atoms with Crippen LogP contribution < -0.4 is 24.3 Å². The highest BCUT2D eigenvalue weighted by Crippen LogP contribution is 2.30. The Hall–Kier alpha value is -4.25. The number of amides is 1. The van der Waals surface area contributed by atoms with Gasteiger partial charge in [0.15, 0.2) is 23.0 Å². The van der Waals surface area contributed by atoms with Crippen molar-refractivity contribution in [2.75, 3.05) is 27.4 Å². The van der Waals surface area contributed by atoms with E-state index in [4.69, 9.17) is 18.9 Å². The molecule has 35 heavy (non-hydrogen) atoms. The maximum atomic E-state index is 12.4. The molecule has 0 bridgehead atoms. The van der Waals surface area contributed by atoms with E-state index < -0.39 is 11.9 Å². The number of carbonyl (C=O) groups is 2. The first-order valence-electron chi connectivity index (χ1n) is 11.2. The van der Waals surface area contributed by atoms with Gasteiger partial charge in [0, 0.05) is 12.6 Å². The fourth-order valence-electron chi connectivity index (χ4n) is 3.02. The summed E-state index contributed by atoms with van der Waals surface area (Å²) in [5, 5.41) is 12.1. The summed E-state index contributed by atoms with van der Waals surface area (Å²) in [5.74, 6) is 0.621. The van der Waals surface area contributed by atoms with E-state index in [0.29, 0.717) is 30.2 Å². The van der Waals surface area contributed by atoms with Gasteiger partial charge < -0.3 is 24.3 Å². The van der Waals surface area contributed by atoms with Crippen molar-refractivity contribution in [3.63, 3.8) is 0 Å². The summed E-state index contributed by atoms with van der Waals surface area (Å²) in [6.45, 7) is 4.91. The number of methoxy groups -OCH3 is 2. The van der Waals surface area contributed by atoms with Gasteiger partial charge in [-0.25, -0.2) is 4.79 Å².